The van der Waals surface area contributed by atoms with Gasteiger partial charge in [-0.05, 0) is 42.5 Å². The van der Waals surface area contributed by atoms with Gasteiger partial charge < -0.3 is 9.88 Å². The van der Waals surface area contributed by atoms with Gasteiger partial charge in [0.1, 0.15) is 0 Å². The third kappa shape index (κ3) is 3.17. The number of hydrogen-bond donors (Lipinski definition) is 1. The molecule has 3 aromatic rings. The van der Waals surface area contributed by atoms with E-state index in [-0.39, 0.29) is 5.91 Å². The van der Waals surface area contributed by atoms with E-state index in [0.29, 0.717) is 12.1 Å². The maximum absolute atomic E-state index is 12.2. The molecule has 0 spiro atoms. The Labute approximate surface area is 123 Å². The summed E-state index contributed by atoms with van der Waals surface area (Å²) >= 11 is 0. The standard InChI is InChI=1S/C17H15N3O/c21-17(19-13-15-7-1-2-9-18-15)14-6-5-8-16(12-14)20-10-3-4-11-20/h1-12H,13H2,(H,19,21). The number of amides is 1. The van der Waals surface area contributed by atoms with E-state index in [9.17, 15) is 4.79 Å². The highest BCUT2D eigenvalue weighted by atomic mass is 16.1. The van der Waals surface area contributed by atoms with Gasteiger partial charge >= 0.3 is 0 Å². The topological polar surface area (TPSA) is 46.9 Å². The number of benzene rings is 1. The van der Waals surface area contributed by atoms with Gasteiger partial charge in [0, 0.05) is 29.8 Å². The van der Waals surface area contributed by atoms with E-state index in [1.165, 1.54) is 0 Å². The fourth-order valence-electron chi connectivity index (χ4n) is 2.09. The molecule has 4 heteroatoms. The Morgan fingerprint density at radius 2 is 1.90 bits per heavy atom. The number of nitrogens with one attached hydrogen (secondary N) is 1. The number of carbonyl (C=O) groups excluding carboxylic acids is 1. The molecule has 0 saturated carbocycles. The molecule has 4 nitrogen and oxygen atoms in total. The minimum atomic E-state index is -0.102. The van der Waals surface area contributed by atoms with Crippen LogP contribution in [0.1, 0.15) is 16.1 Å². The van der Waals surface area contributed by atoms with Crippen molar-refractivity contribution in [2.24, 2.45) is 0 Å². The largest absolute Gasteiger partial charge is 0.346 e. The van der Waals surface area contributed by atoms with Gasteiger partial charge in [0.25, 0.3) is 5.91 Å². The van der Waals surface area contributed by atoms with Gasteiger partial charge in [-0.15, -0.1) is 0 Å². The van der Waals surface area contributed by atoms with Gasteiger partial charge in [-0.3, -0.25) is 9.78 Å². The molecule has 2 heterocycles. The molecule has 21 heavy (non-hydrogen) atoms. The zero-order valence-electron chi connectivity index (χ0n) is 11.4. The maximum atomic E-state index is 12.2. The number of pyridine rings is 1. The van der Waals surface area contributed by atoms with Crippen molar-refractivity contribution >= 4 is 5.91 Å². The molecule has 0 aliphatic rings. The third-order valence-electron chi connectivity index (χ3n) is 3.17. The highest BCUT2D eigenvalue weighted by Crippen LogP contribution is 2.11. The van der Waals surface area contributed by atoms with E-state index in [0.717, 1.165) is 11.4 Å². The molecule has 104 valence electrons. The summed E-state index contributed by atoms with van der Waals surface area (Å²) in [6.07, 6.45) is 5.62. The summed E-state index contributed by atoms with van der Waals surface area (Å²) in [5.74, 6) is -0.102. The van der Waals surface area contributed by atoms with Crippen molar-refractivity contribution in [3.05, 3.63) is 84.4 Å². The summed E-state index contributed by atoms with van der Waals surface area (Å²) < 4.78 is 1.97. The van der Waals surface area contributed by atoms with E-state index >= 15 is 0 Å². The lowest BCUT2D eigenvalue weighted by molar-refractivity contribution is 0.0950. The van der Waals surface area contributed by atoms with Crippen molar-refractivity contribution in [1.29, 1.82) is 0 Å². The first-order valence-corrected chi connectivity index (χ1v) is 6.74. The van der Waals surface area contributed by atoms with E-state index in [2.05, 4.69) is 10.3 Å². The van der Waals surface area contributed by atoms with Crippen LogP contribution < -0.4 is 5.32 Å². The van der Waals surface area contributed by atoms with Crippen molar-refractivity contribution in [3.63, 3.8) is 0 Å². The Morgan fingerprint density at radius 1 is 1.05 bits per heavy atom. The zero-order chi connectivity index (χ0) is 14.5. The SMILES string of the molecule is O=C(NCc1ccccn1)c1cccc(-n2cccc2)c1. The van der Waals surface area contributed by atoms with Crippen LogP contribution in [0.25, 0.3) is 5.69 Å². The summed E-state index contributed by atoms with van der Waals surface area (Å²) in [5, 5.41) is 2.88. The molecule has 3 rings (SSSR count). The van der Waals surface area contributed by atoms with Crippen LogP contribution in [0.15, 0.2) is 73.2 Å². The van der Waals surface area contributed by atoms with Gasteiger partial charge in [0.2, 0.25) is 0 Å². The Morgan fingerprint density at radius 3 is 2.67 bits per heavy atom. The lowest BCUT2D eigenvalue weighted by Gasteiger charge is -2.07. The van der Waals surface area contributed by atoms with Gasteiger partial charge in [-0.25, -0.2) is 0 Å². The van der Waals surface area contributed by atoms with Crippen LogP contribution >= 0.6 is 0 Å². The van der Waals surface area contributed by atoms with E-state index in [1.54, 1.807) is 12.3 Å². The van der Waals surface area contributed by atoms with Gasteiger partial charge in [0.05, 0.1) is 12.2 Å². The molecule has 0 bridgehead atoms. The predicted molar refractivity (Wildman–Crippen MR) is 81.2 cm³/mol. The first-order valence-electron chi connectivity index (χ1n) is 6.74. The average Bonchev–Trinajstić information content (AvgIpc) is 3.08. The smallest absolute Gasteiger partial charge is 0.251 e. The number of nitrogens with zero attached hydrogens (tertiary/aromatic N) is 2. The molecule has 1 N–H and O–H groups in total. The number of carbonyl (C=O) groups is 1. The normalized spacial score (nSPS) is 10.3. The van der Waals surface area contributed by atoms with Crippen molar-refractivity contribution < 1.29 is 4.79 Å². The molecule has 0 aliphatic carbocycles. The Kier molecular flexibility index (Phi) is 3.78. The molecule has 0 fully saturated rings. The molecule has 0 atom stereocenters. The monoisotopic (exact) mass is 277 g/mol. The molecular formula is C17H15N3O. The summed E-state index contributed by atoms with van der Waals surface area (Å²) in [7, 11) is 0. The molecule has 1 amide bonds. The third-order valence-corrected chi connectivity index (χ3v) is 3.17. The lowest BCUT2D eigenvalue weighted by Crippen LogP contribution is -2.23. The second kappa shape index (κ2) is 6.05. The van der Waals surface area contributed by atoms with Crippen LogP contribution in [0.3, 0.4) is 0 Å². The van der Waals surface area contributed by atoms with Crippen molar-refractivity contribution in [2.75, 3.05) is 0 Å². The van der Waals surface area contributed by atoms with Gasteiger partial charge in [-0.2, -0.15) is 0 Å². The maximum Gasteiger partial charge on any atom is 0.251 e. The highest BCUT2D eigenvalue weighted by Gasteiger charge is 2.06. The zero-order valence-corrected chi connectivity index (χ0v) is 11.4. The Bertz CT molecular complexity index is 721. The summed E-state index contributed by atoms with van der Waals surface area (Å²) in [6.45, 7) is 0.424. The van der Waals surface area contributed by atoms with Crippen LogP contribution in [0.5, 0.6) is 0 Å². The molecule has 0 aliphatic heterocycles. The molecule has 0 saturated heterocycles. The van der Waals surface area contributed by atoms with Crippen LogP contribution in [0, 0.1) is 0 Å². The van der Waals surface area contributed by atoms with E-state index < -0.39 is 0 Å². The van der Waals surface area contributed by atoms with Gasteiger partial charge in [-0.1, -0.05) is 12.1 Å². The molecule has 2 aromatic heterocycles. The minimum absolute atomic E-state index is 0.102. The first kappa shape index (κ1) is 13.1. The van der Waals surface area contributed by atoms with Crippen LogP contribution in [0.2, 0.25) is 0 Å². The quantitative estimate of drug-likeness (QED) is 0.797. The van der Waals surface area contributed by atoms with E-state index in [1.807, 2.05) is 65.5 Å². The van der Waals surface area contributed by atoms with Gasteiger partial charge in [0.15, 0.2) is 0 Å². The fourth-order valence-corrected chi connectivity index (χ4v) is 2.09. The summed E-state index contributed by atoms with van der Waals surface area (Å²) in [5.41, 5.74) is 2.44. The van der Waals surface area contributed by atoms with Crippen LogP contribution in [-0.2, 0) is 6.54 Å². The molecule has 0 unspecified atom stereocenters. The molecule has 0 radical (unpaired) electrons. The van der Waals surface area contributed by atoms with Crippen molar-refractivity contribution in [3.8, 4) is 5.69 Å². The Balaban J connectivity index is 1.72. The predicted octanol–water partition coefficient (Wildman–Crippen LogP) is 2.80. The first-order chi connectivity index (χ1) is 10.3. The minimum Gasteiger partial charge on any atom is -0.346 e. The highest BCUT2D eigenvalue weighted by molar-refractivity contribution is 5.94. The summed E-state index contributed by atoms with van der Waals surface area (Å²) in [4.78, 5) is 16.4. The lowest BCUT2D eigenvalue weighted by atomic mass is 10.2. The molecule has 1 aromatic carbocycles. The van der Waals surface area contributed by atoms with Crippen molar-refractivity contribution in [1.82, 2.24) is 14.9 Å². The number of aromatic nitrogens is 2. The number of hydrogen-bond acceptors (Lipinski definition) is 2. The van der Waals surface area contributed by atoms with Crippen LogP contribution in [-0.4, -0.2) is 15.5 Å². The van der Waals surface area contributed by atoms with E-state index in [4.69, 9.17) is 0 Å². The second-order valence-corrected chi connectivity index (χ2v) is 4.64. The molecular weight excluding hydrogens is 262 g/mol. The second-order valence-electron chi connectivity index (χ2n) is 4.64. The fraction of sp³-hybridized carbons (Fsp3) is 0.0588. The summed E-state index contributed by atoms with van der Waals surface area (Å²) in [6, 6.07) is 17.1. The van der Waals surface area contributed by atoms with Crippen LogP contribution in [0.4, 0.5) is 0 Å². The average molecular weight is 277 g/mol. The Hall–Kier alpha value is -2.88. The van der Waals surface area contributed by atoms with Crippen molar-refractivity contribution in [2.45, 2.75) is 6.54 Å². The number of rotatable bonds is 4.